The summed E-state index contributed by atoms with van der Waals surface area (Å²) in [6.45, 7) is 4.70. The molecule has 0 atom stereocenters. The molecule has 5 nitrogen and oxygen atoms in total. The van der Waals surface area contributed by atoms with Crippen molar-refractivity contribution in [1.82, 2.24) is 15.6 Å². The minimum atomic E-state index is 0.313. The van der Waals surface area contributed by atoms with E-state index in [4.69, 9.17) is 10.4 Å². The highest BCUT2D eigenvalue weighted by molar-refractivity contribution is 4.91. The van der Waals surface area contributed by atoms with Crippen molar-refractivity contribution in [3.63, 3.8) is 0 Å². The van der Waals surface area contributed by atoms with Crippen LogP contribution in [0, 0.1) is 0 Å². The molecular weight excluding hydrogens is 156 g/mol. The molecule has 0 bridgehead atoms. The zero-order chi connectivity index (χ0) is 8.97. The molecule has 0 aromatic carbocycles. The van der Waals surface area contributed by atoms with Gasteiger partial charge >= 0.3 is 0 Å². The predicted octanol–water partition coefficient (Wildman–Crippen LogP) is 0.199. The zero-order valence-corrected chi connectivity index (χ0v) is 7.37. The summed E-state index contributed by atoms with van der Waals surface area (Å²) in [7, 11) is 0. The van der Waals surface area contributed by atoms with Crippen molar-refractivity contribution in [3.8, 4) is 0 Å². The van der Waals surface area contributed by atoms with Gasteiger partial charge in [-0.3, -0.25) is 11.3 Å². The van der Waals surface area contributed by atoms with E-state index in [2.05, 4.69) is 15.6 Å². The molecule has 0 aliphatic rings. The van der Waals surface area contributed by atoms with E-state index in [0.717, 1.165) is 5.82 Å². The van der Waals surface area contributed by atoms with Gasteiger partial charge in [-0.2, -0.15) is 4.98 Å². The van der Waals surface area contributed by atoms with Gasteiger partial charge in [0.15, 0.2) is 5.82 Å². The molecule has 0 aliphatic heterocycles. The Morgan fingerprint density at radius 3 is 2.83 bits per heavy atom. The molecule has 12 heavy (non-hydrogen) atoms. The monoisotopic (exact) mass is 170 g/mol. The molecule has 1 rings (SSSR count). The van der Waals surface area contributed by atoms with Crippen LogP contribution in [0.15, 0.2) is 4.52 Å². The van der Waals surface area contributed by atoms with E-state index < -0.39 is 0 Å². The average molecular weight is 170 g/mol. The van der Waals surface area contributed by atoms with Crippen LogP contribution in [0.2, 0.25) is 0 Å². The van der Waals surface area contributed by atoms with Gasteiger partial charge in [-0.15, -0.1) is 0 Å². The first kappa shape index (κ1) is 9.15. The van der Waals surface area contributed by atoms with Gasteiger partial charge in [0.25, 0.3) is 0 Å². The maximum Gasteiger partial charge on any atom is 0.227 e. The zero-order valence-electron chi connectivity index (χ0n) is 7.37. The summed E-state index contributed by atoms with van der Waals surface area (Å²) in [6, 6.07) is 0. The molecule has 0 saturated carbocycles. The molecule has 3 N–H and O–H groups in total. The number of rotatable bonds is 4. The highest BCUT2D eigenvalue weighted by atomic mass is 16.5. The molecule has 0 unspecified atom stereocenters. The van der Waals surface area contributed by atoms with Crippen LogP contribution in [0.1, 0.15) is 31.5 Å². The van der Waals surface area contributed by atoms with Gasteiger partial charge in [0.05, 0.1) is 0 Å². The molecule has 5 heteroatoms. The summed E-state index contributed by atoms with van der Waals surface area (Å²) in [6.07, 6.45) is 0.677. The van der Waals surface area contributed by atoms with Crippen molar-refractivity contribution in [2.24, 2.45) is 5.84 Å². The van der Waals surface area contributed by atoms with Gasteiger partial charge in [0.2, 0.25) is 5.89 Å². The van der Waals surface area contributed by atoms with Crippen molar-refractivity contribution in [1.29, 1.82) is 0 Å². The number of nitrogens with zero attached hydrogens (tertiary/aromatic N) is 2. The average Bonchev–Trinajstić information content (AvgIpc) is 2.48. The summed E-state index contributed by atoms with van der Waals surface area (Å²) in [5.41, 5.74) is 2.53. The maximum absolute atomic E-state index is 5.10. The van der Waals surface area contributed by atoms with E-state index in [0.29, 0.717) is 24.8 Å². The Bertz CT molecular complexity index is 233. The first-order valence-corrected chi connectivity index (χ1v) is 4.00. The van der Waals surface area contributed by atoms with Crippen molar-refractivity contribution in [3.05, 3.63) is 11.7 Å². The van der Waals surface area contributed by atoms with E-state index in [9.17, 15) is 0 Å². The van der Waals surface area contributed by atoms with E-state index in [1.807, 2.05) is 13.8 Å². The normalized spacial score (nSPS) is 11.0. The fourth-order valence-electron chi connectivity index (χ4n) is 0.783. The lowest BCUT2D eigenvalue weighted by atomic mass is 10.2. The third-order valence-corrected chi connectivity index (χ3v) is 1.48. The quantitative estimate of drug-likeness (QED) is 0.498. The van der Waals surface area contributed by atoms with Crippen LogP contribution in [0.25, 0.3) is 0 Å². The summed E-state index contributed by atoms with van der Waals surface area (Å²) in [5, 5.41) is 3.81. The van der Waals surface area contributed by atoms with Crippen molar-refractivity contribution in [2.75, 3.05) is 6.54 Å². The molecule has 1 heterocycles. The highest BCUT2D eigenvalue weighted by Gasteiger charge is 2.08. The van der Waals surface area contributed by atoms with Crippen LogP contribution in [0.4, 0.5) is 0 Å². The predicted molar refractivity (Wildman–Crippen MR) is 44.3 cm³/mol. The number of aromatic nitrogens is 2. The molecule has 68 valence electrons. The van der Waals surface area contributed by atoms with Gasteiger partial charge in [0.1, 0.15) is 0 Å². The molecule has 1 aromatic rings. The summed E-state index contributed by atoms with van der Waals surface area (Å²) >= 11 is 0. The number of hydrogen-bond donors (Lipinski definition) is 2. The van der Waals surface area contributed by atoms with Gasteiger partial charge < -0.3 is 4.52 Å². The Balaban J connectivity index is 2.52. The van der Waals surface area contributed by atoms with Crippen molar-refractivity contribution < 1.29 is 4.52 Å². The number of nitrogens with one attached hydrogen (secondary N) is 1. The lowest BCUT2D eigenvalue weighted by Gasteiger charge is -1.93. The first-order valence-electron chi connectivity index (χ1n) is 4.00. The minimum Gasteiger partial charge on any atom is -0.339 e. The number of nitrogens with two attached hydrogens (primary N) is 1. The fraction of sp³-hybridized carbons (Fsp3) is 0.714. The van der Waals surface area contributed by atoms with Crippen LogP contribution in [-0.4, -0.2) is 16.7 Å². The highest BCUT2D eigenvalue weighted by Crippen LogP contribution is 2.09. The van der Waals surface area contributed by atoms with Crippen LogP contribution in [-0.2, 0) is 6.42 Å². The van der Waals surface area contributed by atoms with Crippen LogP contribution in [0.5, 0.6) is 0 Å². The summed E-state index contributed by atoms with van der Waals surface area (Å²) < 4.78 is 4.97. The lowest BCUT2D eigenvalue weighted by molar-refractivity contribution is 0.369. The minimum absolute atomic E-state index is 0.313. The van der Waals surface area contributed by atoms with E-state index in [1.165, 1.54) is 0 Å². The third kappa shape index (κ3) is 2.28. The van der Waals surface area contributed by atoms with Crippen LogP contribution < -0.4 is 11.3 Å². The van der Waals surface area contributed by atoms with E-state index in [-0.39, 0.29) is 0 Å². The summed E-state index contributed by atoms with van der Waals surface area (Å²) in [4.78, 5) is 4.17. The summed E-state index contributed by atoms with van der Waals surface area (Å²) in [5.74, 6) is 6.80. The van der Waals surface area contributed by atoms with E-state index in [1.54, 1.807) is 0 Å². The molecule has 0 saturated heterocycles. The standard InChI is InChI=1S/C7H14N4O/c1-5(2)7-10-6(12-11-7)3-4-9-8/h5,9H,3-4,8H2,1-2H3. The lowest BCUT2D eigenvalue weighted by Crippen LogP contribution is -2.24. The SMILES string of the molecule is CC(C)c1noc(CCNN)n1. The Hall–Kier alpha value is -0.940. The van der Waals surface area contributed by atoms with Crippen molar-refractivity contribution in [2.45, 2.75) is 26.2 Å². The molecule has 0 spiro atoms. The number of hydrazine groups is 1. The second-order valence-electron chi connectivity index (χ2n) is 2.91. The van der Waals surface area contributed by atoms with Gasteiger partial charge in [-0.25, -0.2) is 0 Å². The Kier molecular flexibility index (Phi) is 3.19. The van der Waals surface area contributed by atoms with Gasteiger partial charge in [-0.1, -0.05) is 19.0 Å². The Morgan fingerprint density at radius 1 is 1.58 bits per heavy atom. The molecule has 0 amide bonds. The Morgan fingerprint density at radius 2 is 2.33 bits per heavy atom. The van der Waals surface area contributed by atoms with Crippen LogP contribution >= 0.6 is 0 Å². The Labute approximate surface area is 71.3 Å². The number of hydrogen-bond acceptors (Lipinski definition) is 5. The fourth-order valence-corrected chi connectivity index (χ4v) is 0.783. The van der Waals surface area contributed by atoms with Gasteiger partial charge in [-0.05, 0) is 0 Å². The third-order valence-electron chi connectivity index (χ3n) is 1.48. The first-order chi connectivity index (χ1) is 5.74. The topological polar surface area (TPSA) is 77.0 Å². The van der Waals surface area contributed by atoms with Crippen molar-refractivity contribution >= 4 is 0 Å². The molecule has 0 radical (unpaired) electrons. The molecule has 0 fully saturated rings. The van der Waals surface area contributed by atoms with Gasteiger partial charge in [0, 0.05) is 18.9 Å². The van der Waals surface area contributed by atoms with E-state index >= 15 is 0 Å². The second kappa shape index (κ2) is 4.18. The largest absolute Gasteiger partial charge is 0.339 e. The smallest absolute Gasteiger partial charge is 0.227 e. The molecular formula is C7H14N4O. The molecule has 1 aromatic heterocycles. The van der Waals surface area contributed by atoms with Crippen LogP contribution in [0.3, 0.4) is 0 Å². The molecule has 0 aliphatic carbocycles. The maximum atomic E-state index is 5.10. The second-order valence-corrected chi connectivity index (χ2v) is 2.91.